The predicted octanol–water partition coefficient (Wildman–Crippen LogP) is 3.02. The number of fused-ring (bicyclic) bond motifs is 1. The number of rotatable bonds is 2. The Hall–Kier alpha value is -2.63. The van der Waals surface area contributed by atoms with E-state index in [4.69, 9.17) is 0 Å². The largest absolute Gasteiger partial charge is 0.493 e. The first-order chi connectivity index (χ1) is 8.74. The topological polar surface area (TPSA) is 78.6 Å². The molecule has 1 aromatic carbocycles. The molecule has 0 spiro atoms. The van der Waals surface area contributed by atoms with E-state index in [0.29, 0.717) is 11.5 Å². The van der Waals surface area contributed by atoms with Gasteiger partial charge in [0.2, 0.25) is 5.88 Å². The van der Waals surface area contributed by atoms with Crippen LogP contribution in [-0.4, -0.2) is 19.9 Å². The molecule has 0 atom stereocenters. The number of H-pyrrole nitrogens is 1. The quantitative estimate of drug-likeness (QED) is 0.676. The normalized spacial score (nSPS) is 11.6. The predicted molar refractivity (Wildman–Crippen MR) is 67.3 cm³/mol. The van der Waals surface area contributed by atoms with Gasteiger partial charge in [0.25, 0.3) is 0 Å². The number of para-hydroxylation sites is 1. The minimum atomic E-state index is 0.0101. The summed E-state index contributed by atoms with van der Waals surface area (Å²) in [4.78, 5) is 2.84. The Bertz CT molecular complexity index is 725. The van der Waals surface area contributed by atoms with Gasteiger partial charge in [-0.05, 0) is 6.07 Å². The summed E-state index contributed by atoms with van der Waals surface area (Å²) < 4.78 is 1.64. The summed E-state index contributed by atoms with van der Waals surface area (Å²) >= 11 is 0. The Labute approximate surface area is 103 Å². The highest BCUT2D eigenvalue weighted by Gasteiger charge is 2.09. The van der Waals surface area contributed by atoms with Crippen molar-refractivity contribution in [1.29, 1.82) is 0 Å². The third-order valence-electron chi connectivity index (χ3n) is 2.61. The molecule has 0 fully saturated rings. The SMILES string of the molecule is Cn1ccc(N=Nc2c(O)[nH]c3ccccc23)n1. The Morgan fingerprint density at radius 3 is 2.83 bits per heavy atom. The van der Waals surface area contributed by atoms with Gasteiger partial charge >= 0.3 is 0 Å². The van der Waals surface area contributed by atoms with E-state index in [2.05, 4.69) is 20.3 Å². The molecule has 0 aliphatic rings. The van der Waals surface area contributed by atoms with Crippen LogP contribution in [0.2, 0.25) is 0 Å². The molecule has 0 aliphatic heterocycles. The van der Waals surface area contributed by atoms with Crippen molar-refractivity contribution in [3.05, 3.63) is 36.5 Å². The summed E-state index contributed by atoms with van der Waals surface area (Å²) in [6.45, 7) is 0. The van der Waals surface area contributed by atoms with Crippen molar-refractivity contribution >= 4 is 22.4 Å². The van der Waals surface area contributed by atoms with Gasteiger partial charge in [-0.2, -0.15) is 5.10 Å². The van der Waals surface area contributed by atoms with Gasteiger partial charge in [0.05, 0.1) is 5.52 Å². The van der Waals surface area contributed by atoms with Crippen LogP contribution < -0.4 is 0 Å². The van der Waals surface area contributed by atoms with E-state index in [0.717, 1.165) is 10.9 Å². The number of benzene rings is 1. The molecule has 2 heterocycles. The van der Waals surface area contributed by atoms with Crippen LogP contribution in [0.4, 0.5) is 11.5 Å². The van der Waals surface area contributed by atoms with E-state index < -0.39 is 0 Å². The molecule has 6 heteroatoms. The molecule has 0 unspecified atom stereocenters. The second-order valence-electron chi connectivity index (χ2n) is 3.92. The molecule has 2 aromatic heterocycles. The van der Waals surface area contributed by atoms with Crippen molar-refractivity contribution in [3.63, 3.8) is 0 Å². The summed E-state index contributed by atoms with van der Waals surface area (Å²) in [6.07, 6.45) is 1.78. The lowest BCUT2D eigenvalue weighted by Crippen LogP contribution is -1.84. The molecule has 0 bridgehead atoms. The van der Waals surface area contributed by atoms with Crippen molar-refractivity contribution in [2.24, 2.45) is 17.3 Å². The molecular formula is C12H11N5O. The van der Waals surface area contributed by atoms with Crippen molar-refractivity contribution in [3.8, 4) is 5.88 Å². The number of hydrogen-bond donors (Lipinski definition) is 2. The van der Waals surface area contributed by atoms with E-state index in [-0.39, 0.29) is 5.88 Å². The van der Waals surface area contributed by atoms with Gasteiger partial charge in [-0.15, -0.1) is 10.2 Å². The van der Waals surface area contributed by atoms with Gasteiger partial charge in [-0.1, -0.05) is 18.2 Å². The second-order valence-corrected chi connectivity index (χ2v) is 3.92. The number of nitrogens with one attached hydrogen (secondary N) is 1. The smallest absolute Gasteiger partial charge is 0.218 e. The van der Waals surface area contributed by atoms with Gasteiger partial charge < -0.3 is 10.1 Å². The van der Waals surface area contributed by atoms with E-state index in [1.54, 1.807) is 16.9 Å². The average Bonchev–Trinajstić information content (AvgIpc) is 2.90. The summed E-state index contributed by atoms with van der Waals surface area (Å²) in [5.41, 5.74) is 1.25. The average molecular weight is 241 g/mol. The highest BCUT2D eigenvalue weighted by molar-refractivity contribution is 5.93. The zero-order chi connectivity index (χ0) is 12.5. The molecule has 6 nitrogen and oxygen atoms in total. The van der Waals surface area contributed by atoms with E-state index in [1.807, 2.05) is 31.3 Å². The summed E-state index contributed by atoms with van der Waals surface area (Å²) in [6, 6.07) is 9.26. The molecule has 18 heavy (non-hydrogen) atoms. The number of aromatic hydroxyl groups is 1. The van der Waals surface area contributed by atoms with Crippen LogP contribution in [0.5, 0.6) is 5.88 Å². The van der Waals surface area contributed by atoms with Crippen LogP contribution >= 0.6 is 0 Å². The lowest BCUT2D eigenvalue weighted by Gasteiger charge is -1.90. The van der Waals surface area contributed by atoms with Crippen LogP contribution in [0.1, 0.15) is 0 Å². The van der Waals surface area contributed by atoms with Crippen LogP contribution in [0.25, 0.3) is 10.9 Å². The van der Waals surface area contributed by atoms with Gasteiger partial charge in [-0.25, -0.2) is 0 Å². The summed E-state index contributed by atoms with van der Waals surface area (Å²) in [5.74, 6) is 0.512. The molecule has 0 amide bonds. The van der Waals surface area contributed by atoms with Gasteiger partial charge in [-0.3, -0.25) is 4.68 Å². The lowest BCUT2D eigenvalue weighted by atomic mass is 10.2. The number of azo groups is 1. The Morgan fingerprint density at radius 2 is 2.06 bits per heavy atom. The van der Waals surface area contributed by atoms with Crippen molar-refractivity contribution in [2.45, 2.75) is 0 Å². The zero-order valence-corrected chi connectivity index (χ0v) is 9.70. The summed E-state index contributed by atoms with van der Waals surface area (Å²) in [7, 11) is 1.81. The Kier molecular flexibility index (Phi) is 2.33. The van der Waals surface area contributed by atoms with Crippen molar-refractivity contribution < 1.29 is 5.11 Å². The molecule has 0 radical (unpaired) electrons. The van der Waals surface area contributed by atoms with Crippen LogP contribution in [-0.2, 0) is 7.05 Å². The number of aryl methyl sites for hydroxylation is 1. The minimum Gasteiger partial charge on any atom is -0.493 e. The molecule has 3 aromatic rings. The summed E-state index contributed by atoms with van der Waals surface area (Å²) in [5, 5.41) is 22.7. The highest BCUT2D eigenvalue weighted by Crippen LogP contribution is 2.35. The highest BCUT2D eigenvalue weighted by atomic mass is 16.3. The fourth-order valence-electron chi connectivity index (χ4n) is 1.77. The zero-order valence-electron chi connectivity index (χ0n) is 9.70. The number of aromatic nitrogens is 3. The third kappa shape index (κ3) is 1.73. The molecular weight excluding hydrogens is 230 g/mol. The maximum Gasteiger partial charge on any atom is 0.218 e. The molecule has 2 N–H and O–H groups in total. The standard InChI is InChI=1S/C12H11N5O/c1-17-7-6-10(16-17)14-15-11-8-4-2-3-5-9(8)13-12(11)18/h2-7,13,18H,1H3. The van der Waals surface area contributed by atoms with Crippen molar-refractivity contribution in [2.75, 3.05) is 0 Å². The molecule has 0 aliphatic carbocycles. The van der Waals surface area contributed by atoms with E-state index in [1.165, 1.54) is 0 Å². The first-order valence-corrected chi connectivity index (χ1v) is 5.45. The van der Waals surface area contributed by atoms with E-state index >= 15 is 0 Å². The fraction of sp³-hybridized carbons (Fsp3) is 0.0833. The Morgan fingerprint density at radius 1 is 1.22 bits per heavy atom. The van der Waals surface area contributed by atoms with Gasteiger partial charge in [0.1, 0.15) is 0 Å². The number of hydrogen-bond acceptors (Lipinski definition) is 4. The number of nitrogens with zero attached hydrogens (tertiary/aromatic N) is 4. The molecule has 90 valence electrons. The van der Waals surface area contributed by atoms with Gasteiger partial charge in [0, 0.05) is 24.7 Å². The van der Waals surface area contributed by atoms with E-state index in [9.17, 15) is 5.11 Å². The fourth-order valence-corrected chi connectivity index (χ4v) is 1.77. The first kappa shape index (κ1) is 10.5. The first-order valence-electron chi connectivity index (χ1n) is 5.45. The van der Waals surface area contributed by atoms with Crippen LogP contribution in [0, 0.1) is 0 Å². The van der Waals surface area contributed by atoms with Crippen molar-refractivity contribution in [1.82, 2.24) is 14.8 Å². The minimum absolute atomic E-state index is 0.0101. The maximum atomic E-state index is 9.78. The molecule has 0 saturated carbocycles. The third-order valence-corrected chi connectivity index (χ3v) is 2.61. The molecule has 3 rings (SSSR count). The molecule has 0 saturated heterocycles. The van der Waals surface area contributed by atoms with Crippen LogP contribution in [0.15, 0.2) is 46.8 Å². The van der Waals surface area contributed by atoms with Crippen LogP contribution in [0.3, 0.4) is 0 Å². The second kappa shape index (κ2) is 3.99. The Balaban J connectivity index is 2.04. The maximum absolute atomic E-state index is 9.78. The number of aromatic amines is 1. The lowest BCUT2D eigenvalue weighted by molar-refractivity contribution is 0.459. The van der Waals surface area contributed by atoms with Gasteiger partial charge in [0.15, 0.2) is 11.5 Å². The monoisotopic (exact) mass is 241 g/mol.